The van der Waals surface area contributed by atoms with Crippen LogP contribution in [0, 0.1) is 11.8 Å². The van der Waals surface area contributed by atoms with Gasteiger partial charge >= 0.3 is 0 Å². The monoisotopic (exact) mass is 210 g/mol. The molecule has 2 unspecified atom stereocenters. The highest BCUT2D eigenvalue weighted by molar-refractivity contribution is 4.81. The van der Waals surface area contributed by atoms with Gasteiger partial charge in [0.2, 0.25) is 0 Å². The number of rotatable bonds is 4. The summed E-state index contributed by atoms with van der Waals surface area (Å²) < 4.78 is 0. The van der Waals surface area contributed by atoms with Crippen molar-refractivity contribution in [1.29, 1.82) is 0 Å². The van der Waals surface area contributed by atoms with E-state index in [2.05, 4.69) is 11.8 Å². The molecule has 1 heterocycles. The normalized spacial score (nSPS) is 31.2. The second-order valence-corrected chi connectivity index (χ2v) is 5.62. The first kappa shape index (κ1) is 11.4. The molecule has 2 heteroatoms. The van der Waals surface area contributed by atoms with Crippen molar-refractivity contribution in [3.8, 4) is 0 Å². The highest BCUT2D eigenvalue weighted by atomic mass is 15.2. The van der Waals surface area contributed by atoms with E-state index >= 15 is 0 Å². The van der Waals surface area contributed by atoms with Crippen LogP contribution in [0.2, 0.25) is 0 Å². The van der Waals surface area contributed by atoms with Gasteiger partial charge in [0.1, 0.15) is 0 Å². The van der Waals surface area contributed by atoms with Crippen LogP contribution in [0.3, 0.4) is 0 Å². The van der Waals surface area contributed by atoms with Crippen molar-refractivity contribution in [3.63, 3.8) is 0 Å². The molecule has 0 spiro atoms. The molecular formula is C13H26N2. The number of nitrogens with zero attached hydrogens (tertiary/aromatic N) is 1. The molecule has 0 radical (unpaired) electrons. The predicted octanol–water partition coefficient (Wildman–Crippen LogP) is 2.24. The van der Waals surface area contributed by atoms with E-state index in [-0.39, 0.29) is 0 Å². The molecule has 2 nitrogen and oxygen atoms in total. The van der Waals surface area contributed by atoms with E-state index in [0.29, 0.717) is 0 Å². The lowest BCUT2D eigenvalue weighted by Crippen LogP contribution is -2.44. The second kappa shape index (κ2) is 5.31. The third-order valence-corrected chi connectivity index (χ3v) is 4.41. The van der Waals surface area contributed by atoms with Gasteiger partial charge in [0.15, 0.2) is 0 Å². The third-order valence-electron chi connectivity index (χ3n) is 4.41. The molecule has 2 atom stereocenters. The summed E-state index contributed by atoms with van der Waals surface area (Å²) in [5.41, 5.74) is 5.78. The van der Waals surface area contributed by atoms with Crippen LogP contribution in [0.15, 0.2) is 0 Å². The molecular weight excluding hydrogens is 184 g/mol. The fraction of sp³-hybridized carbons (Fsp3) is 1.00. The molecule has 1 aliphatic carbocycles. The molecule has 1 saturated heterocycles. The predicted molar refractivity (Wildman–Crippen MR) is 64.8 cm³/mol. The van der Waals surface area contributed by atoms with Gasteiger partial charge in [0, 0.05) is 12.6 Å². The summed E-state index contributed by atoms with van der Waals surface area (Å²) in [6.45, 7) is 5.86. The van der Waals surface area contributed by atoms with Crippen LogP contribution in [-0.4, -0.2) is 30.6 Å². The first-order chi connectivity index (χ1) is 7.29. The van der Waals surface area contributed by atoms with Crippen molar-refractivity contribution < 1.29 is 0 Å². The molecule has 1 aliphatic heterocycles. The minimum atomic E-state index is 0.766. The van der Waals surface area contributed by atoms with Crippen molar-refractivity contribution in [2.24, 2.45) is 17.6 Å². The van der Waals surface area contributed by atoms with Gasteiger partial charge in [0.25, 0.3) is 0 Å². The lowest BCUT2D eigenvalue weighted by atomic mass is 9.80. The molecule has 2 fully saturated rings. The van der Waals surface area contributed by atoms with Crippen LogP contribution in [-0.2, 0) is 0 Å². The maximum Gasteiger partial charge on any atom is 0.00696 e. The van der Waals surface area contributed by atoms with E-state index in [4.69, 9.17) is 5.73 Å². The molecule has 2 N–H and O–H groups in total. The zero-order valence-electron chi connectivity index (χ0n) is 10.1. The standard InChI is InChI=1S/C13H26N2/c1-11(8-12-4-2-5-12)15-7-3-6-13(9-14)10-15/h11-13H,2-10,14H2,1H3. The third kappa shape index (κ3) is 2.94. The fourth-order valence-electron chi connectivity index (χ4n) is 3.05. The number of nitrogens with two attached hydrogens (primary N) is 1. The van der Waals surface area contributed by atoms with E-state index < -0.39 is 0 Å². The Bertz CT molecular complexity index is 189. The first-order valence-corrected chi connectivity index (χ1v) is 6.73. The summed E-state index contributed by atoms with van der Waals surface area (Å²) in [6, 6.07) is 0.796. The smallest absolute Gasteiger partial charge is 0.00696 e. The zero-order valence-corrected chi connectivity index (χ0v) is 10.1. The summed E-state index contributed by atoms with van der Waals surface area (Å²) >= 11 is 0. The first-order valence-electron chi connectivity index (χ1n) is 6.73. The SMILES string of the molecule is CC(CC1CCC1)N1CCCC(CN)C1. The minimum Gasteiger partial charge on any atom is -0.330 e. The maximum absolute atomic E-state index is 5.78. The van der Waals surface area contributed by atoms with Crippen molar-refractivity contribution in [1.82, 2.24) is 4.90 Å². The molecule has 15 heavy (non-hydrogen) atoms. The van der Waals surface area contributed by atoms with Gasteiger partial charge in [-0.1, -0.05) is 19.3 Å². The molecule has 0 amide bonds. The van der Waals surface area contributed by atoms with E-state index in [1.807, 2.05) is 0 Å². The van der Waals surface area contributed by atoms with Crippen LogP contribution >= 0.6 is 0 Å². The number of piperidine rings is 1. The Hall–Kier alpha value is -0.0800. The van der Waals surface area contributed by atoms with Crippen LogP contribution in [0.1, 0.15) is 45.4 Å². The highest BCUT2D eigenvalue weighted by Crippen LogP contribution is 2.32. The van der Waals surface area contributed by atoms with Crippen molar-refractivity contribution in [2.75, 3.05) is 19.6 Å². The average Bonchev–Trinajstić information content (AvgIpc) is 2.23. The summed E-state index contributed by atoms with van der Waals surface area (Å²) in [5.74, 6) is 1.81. The average molecular weight is 210 g/mol. The van der Waals surface area contributed by atoms with Gasteiger partial charge in [-0.2, -0.15) is 0 Å². The Labute approximate surface area is 94.2 Å². The molecule has 1 saturated carbocycles. The fourth-order valence-corrected chi connectivity index (χ4v) is 3.05. The number of likely N-dealkylation sites (tertiary alicyclic amines) is 1. The molecule has 0 aromatic carbocycles. The molecule has 0 aromatic rings. The zero-order chi connectivity index (χ0) is 10.7. The van der Waals surface area contributed by atoms with Gasteiger partial charge in [0.05, 0.1) is 0 Å². The Morgan fingerprint density at radius 1 is 1.20 bits per heavy atom. The van der Waals surface area contributed by atoms with E-state index in [1.165, 1.54) is 51.6 Å². The highest BCUT2D eigenvalue weighted by Gasteiger charge is 2.26. The topological polar surface area (TPSA) is 29.3 Å². The molecule has 0 bridgehead atoms. The van der Waals surface area contributed by atoms with Gasteiger partial charge in [-0.05, 0) is 51.1 Å². The summed E-state index contributed by atoms with van der Waals surface area (Å²) in [7, 11) is 0. The van der Waals surface area contributed by atoms with E-state index in [0.717, 1.165) is 24.4 Å². The van der Waals surface area contributed by atoms with Crippen molar-refractivity contribution in [3.05, 3.63) is 0 Å². The Kier molecular flexibility index (Phi) is 4.04. The molecule has 2 aliphatic rings. The molecule has 0 aromatic heterocycles. The van der Waals surface area contributed by atoms with Gasteiger partial charge in [-0.15, -0.1) is 0 Å². The quantitative estimate of drug-likeness (QED) is 0.771. The van der Waals surface area contributed by atoms with E-state index in [1.54, 1.807) is 0 Å². The Morgan fingerprint density at radius 2 is 1.93 bits per heavy atom. The van der Waals surface area contributed by atoms with E-state index in [9.17, 15) is 0 Å². The Morgan fingerprint density at radius 3 is 2.53 bits per heavy atom. The second-order valence-electron chi connectivity index (χ2n) is 5.62. The van der Waals surface area contributed by atoms with Gasteiger partial charge < -0.3 is 10.6 Å². The van der Waals surface area contributed by atoms with Gasteiger partial charge in [-0.25, -0.2) is 0 Å². The summed E-state index contributed by atoms with van der Waals surface area (Å²) in [5, 5.41) is 0. The van der Waals surface area contributed by atoms with Crippen molar-refractivity contribution >= 4 is 0 Å². The summed E-state index contributed by atoms with van der Waals surface area (Å²) in [4.78, 5) is 2.68. The molecule has 2 rings (SSSR count). The Balaban J connectivity index is 1.75. The van der Waals surface area contributed by atoms with Gasteiger partial charge in [-0.3, -0.25) is 0 Å². The number of hydrogen-bond acceptors (Lipinski definition) is 2. The van der Waals surface area contributed by atoms with Crippen LogP contribution < -0.4 is 5.73 Å². The van der Waals surface area contributed by atoms with Crippen LogP contribution in [0.5, 0.6) is 0 Å². The summed E-state index contributed by atoms with van der Waals surface area (Å²) in [6.07, 6.45) is 8.58. The maximum atomic E-state index is 5.78. The molecule has 88 valence electrons. The van der Waals surface area contributed by atoms with Crippen molar-refractivity contribution in [2.45, 2.75) is 51.5 Å². The minimum absolute atomic E-state index is 0.766. The lowest BCUT2D eigenvalue weighted by molar-refractivity contribution is 0.105. The lowest BCUT2D eigenvalue weighted by Gasteiger charge is -2.39. The van der Waals surface area contributed by atoms with Crippen LogP contribution in [0.4, 0.5) is 0 Å². The number of hydrogen-bond donors (Lipinski definition) is 1. The van der Waals surface area contributed by atoms with Crippen LogP contribution in [0.25, 0.3) is 0 Å². The largest absolute Gasteiger partial charge is 0.330 e.